The Hall–Kier alpha value is -1.10. The molecule has 1 aliphatic rings. The van der Waals surface area contributed by atoms with E-state index in [9.17, 15) is 0 Å². The van der Waals surface area contributed by atoms with Gasteiger partial charge in [-0.1, -0.05) is 12.1 Å². The molecule has 22 heavy (non-hydrogen) atoms. The maximum atomic E-state index is 6.12. The highest BCUT2D eigenvalue weighted by atomic mass is 15.3. The molecule has 4 heteroatoms. The van der Waals surface area contributed by atoms with Gasteiger partial charge in [-0.2, -0.15) is 0 Å². The van der Waals surface area contributed by atoms with Gasteiger partial charge in [0, 0.05) is 57.0 Å². The van der Waals surface area contributed by atoms with Crippen molar-refractivity contribution in [3.8, 4) is 0 Å². The molecule has 0 radical (unpaired) electrons. The molecule has 1 saturated heterocycles. The molecule has 0 spiro atoms. The summed E-state index contributed by atoms with van der Waals surface area (Å²) in [5, 5.41) is 0. The van der Waals surface area contributed by atoms with Crippen LogP contribution in [0.5, 0.6) is 0 Å². The van der Waals surface area contributed by atoms with Crippen LogP contribution < -0.4 is 10.6 Å². The predicted octanol–water partition coefficient (Wildman–Crippen LogP) is 2.17. The number of piperazine rings is 1. The molecular formula is C18H32N4. The largest absolute Gasteiger partial charge is 0.372 e. The minimum Gasteiger partial charge on any atom is -0.372 e. The summed E-state index contributed by atoms with van der Waals surface area (Å²) >= 11 is 0. The van der Waals surface area contributed by atoms with Gasteiger partial charge in [0.25, 0.3) is 0 Å². The van der Waals surface area contributed by atoms with E-state index in [1.165, 1.54) is 11.3 Å². The second-order valence-electron chi connectivity index (χ2n) is 6.36. The number of rotatable bonds is 6. The number of nitrogens with two attached hydrogens (primary N) is 1. The molecule has 4 nitrogen and oxygen atoms in total. The molecule has 2 unspecified atom stereocenters. The van der Waals surface area contributed by atoms with Crippen molar-refractivity contribution in [1.82, 2.24) is 9.80 Å². The Kier molecular flexibility index (Phi) is 6.24. The van der Waals surface area contributed by atoms with Crippen LogP contribution in [-0.4, -0.2) is 62.2 Å². The van der Waals surface area contributed by atoms with Gasteiger partial charge in [0.05, 0.1) is 0 Å². The first-order chi connectivity index (χ1) is 10.6. The molecule has 0 amide bonds. The summed E-state index contributed by atoms with van der Waals surface area (Å²) in [6, 6.07) is 9.88. The highest BCUT2D eigenvalue weighted by molar-refractivity contribution is 5.47. The summed E-state index contributed by atoms with van der Waals surface area (Å²) in [5.41, 5.74) is 8.76. The maximum Gasteiger partial charge on any atom is 0.0474 e. The van der Waals surface area contributed by atoms with Gasteiger partial charge in [-0.25, -0.2) is 0 Å². The lowest BCUT2D eigenvalue weighted by Crippen LogP contribution is -2.52. The molecule has 0 bridgehead atoms. The third-order valence-corrected chi connectivity index (χ3v) is 4.91. The second-order valence-corrected chi connectivity index (χ2v) is 6.36. The fourth-order valence-corrected chi connectivity index (χ4v) is 3.58. The highest BCUT2D eigenvalue weighted by Crippen LogP contribution is 2.26. The third kappa shape index (κ3) is 3.80. The average molecular weight is 304 g/mol. The number of anilines is 1. The summed E-state index contributed by atoms with van der Waals surface area (Å²) in [4.78, 5) is 7.34. The van der Waals surface area contributed by atoms with Crippen LogP contribution in [0.4, 0.5) is 5.69 Å². The Labute approximate surface area is 135 Å². The normalized spacial score (nSPS) is 21.8. The molecule has 1 fully saturated rings. The quantitative estimate of drug-likeness (QED) is 0.874. The van der Waals surface area contributed by atoms with Crippen LogP contribution >= 0.6 is 0 Å². The fourth-order valence-electron chi connectivity index (χ4n) is 3.58. The number of nitrogens with zero attached hydrogens (tertiary/aromatic N) is 3. The lowest BCUT2D eigenvalue weighted by atomic mass is 10.0. The van der Waals surface area contributed by atoms with E-state index in [2.05, 4.69) is 66.8 Å². The molecule has 0 saturated carbocycles. The number of likely N-dealkylation sites (N-methyl/N-ethyl adjacent to an activating group) is 1. The van der Waals surface area contributed by atoms with Crippen LogP contribution in [-0.2, 0) is 0 Å². The standard InChI is InChI=1S/C18H32N4/c1-5-21(6-2)17-9-7-16(8-10-17)18(13-19)22-12-11-20(4)14-15(22)3/h7-10,15,18H,5-6,11-14,19H2,1-4H3. The van der Waals surface area contributed by atoms with E-state index in [-0.39, 0.29) is 0 Å². The van der Waals surface area contributed by atoms with Gasteiger partial charge in [0.15, 0.2) is 0 Å². The van der Waals surface area contributed by atoms with E-state index in [0.29, 0.717) is 18.6 Å². The number of benzene rings is 1. The zero-order chi connectivity index (χ0) is 16.1. The number of hydrogen-bond acceptors (Lipinski definition) is 4. The summed E-state index contributed by atoms with van der Waals surface area (Å²) < 4.78 is 0. The average Bonchev–Trinajstić information content (AvgIpc) is 2.52. The van der Waals surface area contributed by atoms with Gasteiger partial charge in [0.2, 0.25) is 0 Å². The lowest BCUT2D eigenvalue weighted by molar-refractivity contribution is 0.0635. The smallest absolute Gasteiger partial charge is 0.0474 e. The van der Waals surface area contributed by atoms with Crippen molar-refractivity contribution in [3.63, 3.8) is 0 Å². The van der Waals surface area contributed by atoms with E-state index >= 15 is 0 Å². The monoisotopic (exact) mass is 304 g/mol. The summed E-state index contributed by atoms with van der Waals surface area (Å²) in [6.07, 6.45) is 0. The van der Waals surface area contributed by atoms with Crippen molar-refractivity contribution in [2.24, 2.45) is 5.73 Å². The van der Waals surface area contributed by atoms with E-state index in [4.69, 9.17) is 5.73 Å². The zero-order valence-corrected chi connectivity index (χ0v) is 14.6. The van der Waals surface area contributed by atoms with E-state index in [1.807, 2.05) is 0 Å². The third-order valence-electron chi connectivity index (χ3n) is 4.91. The SMILES string of the molecule is CCN(CC)c1ccc(C(CN)N2CCN(C)CC2C)cc1. The van der Waals surface area contributed by atoms with Gasteiger partial charge >= 0.3 is 0 Å². The van der Waals surface area contributed by atoms with Crippen LogP contribution in [0, 0.1) is 0 Å². The van der Waals surface area contributed by atoms with Crippen molar-refractivity contribution in [2.75, 3.05) is 51.2 Å². The Morgan fingerprint density at radius 3 is 2.32 bits per heavy atom. The Bertz CT molecular complexity index is 441. The summed E-state index contributed by atoms with van der Waals surface area (Å²) in [6.45, 7) is 12.8. The highest BCUT2D eigenvalue weighted by Gasteiger charge is 2.28. The Balaban J connectivity index is 2.14. The van der Waals surface area contributed by atoms with E-state index < -0.39 is 0 Å². The molecule has 0 aromatic heterocycles. The lowest BCUT2D eigenvalue weighted by Gasteiger charge is -2.42. The first kappa shape index (κ1) is 17.3. The molecule has 1 aromatic carbocycles. The molecule has 0 aliphatic carbocycles. The van der Waals surface area contributed by atoms with Crippen molar-refractivity contribution in [2.45, 2.75) is 32.9 Å². The van der Waals surface area contributed by atoms with Crippen LogP contribution in [0.15, 0.2) is 24.3 Å². The second kappa shape index (κ2) is 7.95. The molecule has 124 valence electrons. The van der Waals surface area contributed by atoms with Crippen LogP contribution in [0.25, 0.3) is 0 Å². The van der Waals surface area contributed by atoms with Gasteiger partial charge in [-0.3, -0.25) is 4.90 Å². The molecule has 2 N–H and O–H groups in total. The van der Waals surface area contributed by atoms with Gasteiger partial charge in [-0.05, 0) is 45.5 Å². The van der Waals surface area contributed by atoms with Gasteiger partial charge in [-0.15, -0.1) is 0 Å². The summed E-state index contributed by atoms with van der Waals surface area (Å²) in [7, 11) is 2.20. The van der Waals surface area contributed by atoms with Crippen molar-refractivity contribution in [1.29, 1.82) is 0 Å². The van der Waals surface area contributed by atoms with E-state index in [1.54, 1.807) is 0 Å². The van der Waals surface area contributed by atoms with Crippen LogP contribution in [0.1, 0.15) is 32.4 Å². The van der Waals surface area contributed by atoms with Crippen LogP contribution in [0.2, 0.25) is 0 Å². The van der Waals surface area contributed by atoms with Crippen molar-refractivity contribution in [3.05, 3.63) is 29.8 Å². The maximum absolute atomic E-state index is 6.12. The first-order valence-corrected chi connectivity index (χ1v) is 8.59. The molecular weight excluding hydrogens is 272 g/mol. The summed E-state index contributed by atoms with van der Waals surface area (Å²) in [5.74, 6) is 0. The van der Waals surface area contributed by atoms with Gasteiger partial charge in [0.1, 0.15) is 0 Å². The Morgan fingerprint density at radius 2 is 1.82 bits per heavy atom. The molecule has 2 rings (SSSR count). The predicted molar refractivity (Wildman–Crippen MR) is 95.5 cm³/mol. The minimum atomic E-state index is 0.328. The molecule has 1 aromatic rings. The van der Waals surface area contributed by atoms with Crippen molar-refractivity contribution >= 4 is 5.69 Å². The first-order valence-electron chi connectivity index (χ1n) is 8.59. The molecule has 1 aliphatic heterocycles. The number of hydrogen-bond donors (Lipinski definition) is 1. The van der Waals surface area contributed by atoms with Crippen LogP contribution in [0.3, 0.4) is 0 Å². The Morgan fingerprint density at radius 1 is 1.18 bits per heavy atom. The molecule has 2 atom stereocenters. The topological polar surface area (TPSA) is 35.7 Å². The van der Waals surface area contributed by atoms with E-state index in [0.717, 1.165) is 32.7 Å². The minimum absolute atomic E-state index is 0.328. The zero-order valence-electron chi connectivity index (χ0n) is 14.6. The van der Waals surface area contributed by atoms with Crippen molar-refractivity contribution < 1.29 is 0 Å². The van der Waals surface area contributed by atoms with Gasteiger partial charge < -0.3 is 15.5 Å². The molecule has 1 heterocycles. The fraction of sp³-hybridized carbons (Fsp3) is 0.667.